The Balaban J connectivity index is 1.74. The third-order valence-corrected chi connectivity index (χ3v) is 8.08. The standard InChI is InChI=1S/C36H6F8N6/c1-48-20(11-46)24-15-6-4-13(22-30(39)28(37)19(10-45)29(38)31(22)40)8-17(15)26-25(21(12-47)49-2)16-7-5-14(9-18(16)27(24)26)23-32(41)34(43)36(50-3)35(44)33(23)42/h4-9H/b24-20-,25-21+. The molecule has 0 saturated heterocycles. The fraction of sp³-hybridized carbons (Fsp3) is 0. The van der Waals surface area contributed by atoms with Crippen LogP contribution in [0.3, 0.4) is 0 Å². The first-order chi connectivity index (χ1) is 23.9. The second-order valence-electron chi connectivity index (χ2n) is 10.4. The average Bonchev–Trinajstić information content (AvgIpc) is 3.61. The molecule has 50 heavy (non-hydrogen) atoms. The second-order valence-corrected chi connectivity index (χ2v) is 10.4. The number of hydrogen-bond acceptors (Lipinski definition) is 3. The molecule has 0 fully saturated rings. The molecule has 6 rings (SSSR count). The highest BCUT2D eigenvalue weighted by molar-refractivity contribution is 6.37. The molecule has 6 nitrogen and oxygen atoms in total. The summed E-state index contributed by atoms with van der Waals surface area (Å²) in [4.78, 5) is 8.94. The van der Waals surface area contributed by atoms with Gasteiger partial charge in [-0.15, -0.1) is 0 Å². The van der Waals surface area contributed by atoms with E-state index < -0.39 is 91.4 Å². The van der Waals surface area contributed by atoms with Gasteiger partial charge in [-0.05, 0) is 56.7 Å². The van der Waals surface area contributed by atoms with Gasteiger partial charge >= 0.3 is 0 Å². The number of nitriles is 3. The maximum Gasteiger partial charge on any atom is 0.270 e. The van der Waals surface area contributed by atoms with Gasteiger partial charge in [0.15, 0.2) is 46.5 Å². The minimum absolute atomic E-state index is 0.00511. The van der Waals surface area contributed by atoms with Gasteiger partial charge in [0.2, 0.25) is 0 Å². The molecule has 0 saturated carbocycles. The van der Waals surface area contributed by atoms with Gasteiger partial charge < -0.3 is 0 Å². The van der Waals surface area contributed by atoms with E-state index in [1.807, 2.05) is 0 Å². The first-order valence-corrected chi connectivity index (χ1v) is 13.5. The molecule has 0 heterocycles. The monoisotopic (exact) mass is 674 g/mol. The summed E-state index contributed by atoms with van der Waals surface area (Å²) in [6, 6.07) is 10.7. The van der Waals surface area contributed by atoms with Crippen molar-refractivity contribution in [2.45, 2.75) is 0 Å². The van der Waals surface area contributed by atoms with Gasteiger partial charge in [-0.25, -0.2) is 60.2 Å². The molecule has 0 aliphatic heterocycles. The van der Waals surface area contributed by atoms with Crippen LogP contribution in [-0.4, -0.2) is 0 Å². The number of allylic oxidation sites excluding steroid dienone is 6. The fourth-order valence-corrected chi connectivity index (χ4v) is 6.03. The summed E-state index contributed by atoms with van der Waals surface area (Å²) in [7, 11) is 0. The highest BCUT2D eigenvalue weighted by Gasteiger charge is 2.41. The van der Waals surface area contributed by atoms with Crippen molar-refractivity contribution in [3.63, 3.8) is 0 Å². The van der Waals surface area contributed by atoms with Crippen LogP contribution in [0, 0.1) is 100 Å². The van der Waals surface area contributed by atoms with Crippen molar-refractivity contribution in [1.82, 2.24) is 0 Å². The van der Waals surface area contributed by atoms with Crippen LogP contribution >= 0.6 is 0 Å². The fourth-order valence-electron chi connectivity index (χ4n) is 6.03. The smallest absolute Gasteiger partial charge is 0.232 e. The second kappa shape index (κ2) is 11.6. The highest BCUT2D eigenvalue weighted by atomic mass is 19.2. The first kappa shape index (κ1) is 32.4. The lowest BCUT2D eigenvalue weighted by Crippen LogP contribution is -2.04. The van der Waals surface area contributed by atoms with Gasteiger partial charge in [-0.2, -0.15) is 5.26 Å². The van der Waals surface area contributed by atoms with Gasteiger partial charge in [-0.1, -0.05) is 24.3 Å². The van der Waals surface area contributed by atoms with Crippen molar-refractivity contribution >= 4 is 28.0 Å². The molecule has 4 aromatic rings. The number of hydrogen-bond donors (Lipinski definition) is 0. The summed E-state index contributed by atoms with van der Waals surface area (Å²) in [5.41, 5.74) is -8.55. The molecule has 0 bridgehead atoms. The van der Waals surface area contributed by atoms with E-state index in [-0.39, 0.29) is 44.5 Å². The van der Waals surface area contributed by atoms with E-state index in [4.69, 9.17) is 25.0 Å². The van der Waals surface area contributed by atoms with Crippen LogP contribution in [0.4, 0.5) is 40.8 Å². The largest absolute Gasteiger partial charge is 0.270 e. The molecule has 2 aliphatic rings. The molecule has 2 aliphatic carbocycles. The molecular formula is C36H6F8N6. The Hall–Kier alpha value is -7.52. The van der Waals surface area contributed by atoms with Crippen LogP contribution in [0.1, 0.15) is 27.8 Å². The van der Waals surface area contributed by atoms with Crippen LogP contribution in [0.25, 0.3) is 59.1 Å². The van der Waals surface area contributed by atoms with Crippen molar-refractivity contribution in [3.05, 3.63) is 156 Å². The Morgan fingerprint density at radius 1 is 0.520 bits per heavy atom. The third kappa shape index (κ3) is 4.21. The lowest BCUT2D eigenvalue weighted by molar-refractivity contribution is 0.454. The van der Waals surface area contributed by atoms with E-state index >= 15 is 17.6 Å². The summed E-state index contributed by atoms with van der Waals surface area (Å²) < 4.78 is 119. The summed E-state index contributed by atoms with van der Waals surface area (Å²) in [5.74, 6) is -15.6. The van der Waals surface area contributed by atoms with Crippen molar-refractivity contribution in [3.8, 4) is 40.5 Å². The Kier molecular flexibility index (Phi) is 7.54. The maximum atomic E-state index is 15.2. The quantitative estimate of drug-likeness (QED) is 0.0919. The Morgan fingerprint density at radius 2 is 0.900 bits per heavy atom. The lowest BCUT2D eigenvalue weighted by atomic mass is 9.88. The van der Waals surface area contributed by atoms with E-state index in [9.17, 15) is 28.1 Å². The number of nitrogens with zero attached hydrogens (tertiary/aromatic N) is 6. The molecule has 0 N–H and O–H groups in total. The van der Waals surface area contributed by atoms with Crippen LogP contribution in [0.15, 0.2) is 47.8 Å². The molecule has 236 valence electrons. The Bertz CT molecular complexity index is 2420. The number of fused-ring (bicyclic) bond motifs is 4. The summed E-state index contributed by atoms with van der Waals surface area (Å²) >= 11 is 0. The topological polar surface area (TPSA) is 84.4 Å². The lowest BCUT2D eigenvalue weighted by Gasteiger charge is -2.16. The van der Waals surface area contributed by atoms with Gasteiger partial charge in [0.05, 0.1) is 43.0 Å². The predicted molar refractivity (Wildman–Crippen MR) is 159 cm³/mol. The van der Waals surface area contributed by atoms with Gasteiger partial charge in [0.1, 0.15) is 11.6 Å². The average molecular weight is 674 g/mol. The predicted octanol–water partition coefficient (Wildman–Crippen LogP) is 9.80. The minimum atomic E-state index is -1.99. The summed E-state index contributed by atoms with van der Waals surface area (Å²) in [5, 5.41) is 28.8. The molecule has 0 radical (unpaired) electrons. The van der Waals surface area contributed by atoms with Crippen molar-refractivity contribution < 1.29 is 35.1 Å². The van der Waals surface area contributed by atoms with Crippen molar-refractivity contribution in [2.75, 3.05) is 0 Å². The van der Waals surface area contributed by atoms with Crippen molar-refractivity contribution in [1.29, 1.82) is 15.8 Å². The summed E-state index contributed by atoms with van der Waals surface area (Å²) in [6.45, 7) is 22.2. The van der Waals surface area contributed by atoms with Gasteiger partial charge in [-0.3, -0.25) is 0 Å². The molecule has 4 aromatic carbocycles. The number of rotatable bonds is 2. The number of halogens is 8. The minimum Gasteiger partial charge on any atom is -0.232 e. The van der Waals surface area contributed by atoms with Crippen LogP contribution in [0.5, 0.6) is 0 Å². The van der Waals surface area contributed by atoms with E-state index in [0.717, 1.165) is 42.5 Å². The van der Waals surface area contributed by atoms with E-state index in [1.54, 1.807) is 12.1 Å². The number of benzene rings is 4. The molecule has 0 spiro atoms. The van der Waals surface area contributed by atoms with Crippen LogP contribution in [0.2, 0.25) is 0 Å². The zero-order valence-electron chi connectivity index (χ0n) is 24.2. The Morgan fingerprint density at radius 3 is 1.22 bits per heavy atom. The van der Waals surface area contributed by atoms with Crippen molar-refractivity contribution in [2.24, 2.45) is 0 Å². The van der Waals surface area contributed by atoms with Gasteiger partial charge in [0.25, 0.3) is 17.1 Å². The van der Waals surface area contributed by atoms with Gasteiger partial charge in [0, 0.05) is 11.1 Å². The molecular weight excluding hydrogens is 668 g/mol. The first-order valence-electron chi connectivity index (χ1n) is 13.5. The SMILES string of the molecule is [C-]#[N+]/C(C#N)=C1C2=C(/C(=C(\C#N)[N+]#[C-])c3ccc(-c4c(F)c(F)c([N+]#[C-])c(F)c4F)cc32)c2cc(-c3c(F)c(F)c(C#N)c(F)c3F)ccc2\1. The van der Waals surface area contributed by atoms with E-state index in [1.165, 1.54) is 0 Å². The molecule has 0 unspecified atom stereocenters. The molecule has 0 aromatic heterocycles. The normalized spacial score (nSPS) is 14.3. The molecule has 14 heteroatoms. The zero-order valence-corrected chi connectivity index (χ0v) is 24.2. The van der Waals surface area contributed by atoms with E-state index in [0.29, 0.717) is 0 Å². The van der Waals surface area contributed by atoms with Crippen LogP contribution in [-0.2, 0) is 0 Å². The highest BCUT2D eigenvalue weighted by Crippen LogP contribution is 2.60. The zero-order chi connectivity index (χ0) is 36.3. The van der Waals surface area contributed by atoms with E-state index in [2.05, 4.69) is 14.5 Å². The maximum absolute atomic E-state index is 15.2. The molecule has 0 amide bonds. The third-order valence-electron chi connectivity index (χ3n) is 8.08. The van der Waals surface area contributed by atoms with Crippen LogP contribution < -0.4 is 0 Å². The Labute approximate surface area is 275 Å². The summed E-state index contributed by atoms with van der Waals surface area (Å²) in [6.07, 6.45) is 0. The molecule has 0 atom stereocenters.